The number of thiophene rings is 1. The molecule has 7 heteroatoms. The monoisotopic (exact) mass is 298 g/mol. The Labute approximate surface area is 116 Å². The lowest BCUT2D eigenvalue weighted by Crippen LogP contribution is -2.15. The first-order chi connectivity index (χ1) is 8.94. The SMILES string of the molecule is Cc1cc(NS(=O)(=O)c2c(C)csc2CO)ccn1. The average molecular weight is 298 g/mol. The standard InChI is InChI=1S/C12H14N2O3S2/c1-8-7-18-11(6-15)12(8)19(16,17)14-10-3-4-13-9(2)5-10/h3-5,7,15H,6H2,1-2H3,(H,13,14). The van der Waals surface area contributed by atoms with Gasteiger partial charge in [0.2, 0.25) is 0 Å². The van der Waals surface area contributed by atoms with Crippen molar-refractivity contribution in [2.75, 3.05) is 4.72 Å². The molecule has 2 aromatic rings. The van der Waals surface area contributed by atoms with E-state index in [0.29, 0.717) is 16.1 Å². The number of anilines is 1. The Balaban J connectivity index is 2.40. The Hall–Kier alpha value is -1.44. The zero-order chi connectivity index (χ0) is 14.0. The fraction of sp³-hybridized carbons (Fsp3) is 0.250. The number of hydrogen-bond acceptors (Lipinski definition) is 5. The Bertz CT molecular complexity index is 693. The Kier molecular flexibility index (Phi) is 3.88. The van der Waals surface area contributed by atoms with Gasteiger partial charge in [-0.1, -0.05) is 0 Å². The number of nitrogens with one attached hydrogen (secondary N) is 1. The lowest BCUT2D eigenvalue weighted by atomic mass is 10.3. The van der Waals surface area contributed by atoms with E-state index in [2.05, 4.69) is 9.71 Å². The van der Waals surface area contributed by atoms with Gasteiger partial charge in [0.05, 0.1) is 17.2 Å². The summed E-state index contributed by atoms with van der Waals surface area (Å²) in [6, 6.07) is 3.24. The summed E-state index contributed by atoms with van der Waals surface area (Å²) in [5, 5.41) is 10.9. The molecule has 2 heterocycles. The number of aliphatic hydroxyl groups is 1. The van der Waals surface area contributed by atoms with Crippen LogP contribution in [0.1, 0.15) is 16.1 Å². The van der Waals surface area contributed by atoms with E-state index < -0.39 is 10.0 Å². The zero-order valence-corrected chi connectivity index (χ0v) is 12.2. The highest BCUT2D eigenvalue weighted by Crippen LogP contribution is 2.28. The van der Waals surface area contributed by atoms with Gasteiger partial charge >= 0.3 is 0 Å². The van der Waals surface area contributed by atoms with Crippen LogP contribution in [0.15, 0.2) is 28.6 Å². The van der Waals surface area contributed by atoms with Gasteiger partial charge in [-0.25, -0.2) is 8.42 Å². The van der Waals surface area contributed by atoms with Crippen LogP contribution in [-0.2, 0) is 16.6 Å². The smallest absolute Gasteiger partial charge is 0.263 e. The minimum Gasteiger partial charge on any atom is -0.391 e. The molecule has 0 fully saturated rings. The van der Waals surface area contributed by atoms with Gasteiger partial charge in [-0.3, -0.25) is 9.71 Å². The number of pyridine rings is 1. The first kappa shape index (κ1) is 14.0. The molecular formula is C12H14N2O3S2. The first-order valence-corrected chi connectivity index (χ1v) is 7.93. The number of nitrogens with zero attached hydrogens (tertiary/aromatic N) is 1. The number of aliphatic hydroxyl groups excluding tert-OH is 1. The van der Waals surface area contributed by atoms with Crippen molar-refractivity contribution in [1.82, 2.24) is 4.98 Å². The van der Waals surface area contributed by atoms with Crippen LogP contribution in [0.2, 0.25) is 0 Å². The highest BCUT2D eigenvalue weighted by atomic mass is 32.2. The van der Waals surface area contributed by atoms with E-state index in [9.17, 15) is 13.5 Å². The third kappa shape index (κ3) is 2.94. The van der Waals surface area contributed by atoms with Crippen LogP contribution in [0.3, 0.4) is 0 Å². The van der Waals surface area contributed by atoms with Gasteiger partial charge in [-0.15, -0.1) is 11.3 Å². The topological polar surface area (TPSA) is 79.3 Å². The summed E-state index contributed by atoms with van der Waals surface area (Å²) in [6.45, 7) is 3.21. The van der Waals surface area contributed by atoms with E-state index in [4.69, 9.17) is 0 Å². The summed E-state index contributed by atoms with van der Waals surface area (Å²) >= 11 is 1.24. The number of aryl methyl sites for hydroxylation is 2. The second kappa shape index (κ2) is 5.28. The van der Waals surface area contributed by atoms with E-state index in [-0.39, 0.29) is 11.5 Å². The molecule has 0 atom stereocenters. The van der Waals surface area contributed by atoms with Crippen LogP contribution in [0.25, 0.3) is 0 Å². The third-order valence-electron chi connectivity index (χ3n) is 2.55. The van der Waals surface area contributed by atoms with Crippen molar-refractivity contribution in [3.05, 3.63) is 39.8 Å². The maximum Gasteiger partial charge on any atom is 0.263 e. The average Bonchev–Trinajstić information content (AvgIpc) is 2.70. The van der Waals surface area contributed by atoms with Crippen LogP contribution in [-0.4, -0.2) is 18.5 Å². The van der Waals surface area contributed by atoms with Crippen molar-refractivity contribution in [3.63, 3.8) is 0 Å². The van der Waals surface area contributed by atoms with Crippen LogP contribution >= 0.6 is 11.3 Å². The minimum absolute atomic E-state index is 0.162. The number of rotatable bonds is 4. The molecule has 19 heavy (non-hydrogen) atoms. The third-order valence-corrected chi connectivity index (χ3v) is 5.38. The number of sulfonamides is 1. The van der Waals surface area contributed by atoms with Gasteiger partial charge < -0.3 is 5.11 Å². The molecule has 2 aromatic heterocycles. The molecule has 102 valence electrons. The molecule has 0 saturated carbocycles. The summed E-state index contributed by atoms with van der Waals surface area (Å²) in [4.78, 5) is 4.61. The summed E-state index contributed by atoms with van der Waals surface area (Å²) < 4.78 is 27.2. The van der Waals surface area contributed by atoms with Crippen molar-refractivity contribution < 1.29 is 13.5 Å². The van der Waals surface area contributed by atoms with E-state index >= 15 is 0 Å². The summed E-state index contributed by atoms with van der Waals surface area (Å²) in [5.41, 5.74) is 1.82. The summed E-state index contributed by atoms with van der Waals surface area (Å²) in [6.07, 6.45) is 1.54. The number of hydrogen-bond donors (Lipinski definition) is 2. The molecule has 5 nitrogen and oxygen atoms in total. The molecule has 0 bridgehead atoms. The van der Waals surface area contributed by atoms with Gasteiger partial charge in [0, 0.05) is 11.9 Å². The van der Waals surface area contributed by atoms with Crippen LogP contribution in [0.4, 0.5) is 5.69 Å². The van der Waals surface area contributed by atoms with Crippen LogP contribution in [0.5, 0.6) is 0 Å². The van der Waals surface area contributed by atoms with Crippen molar-refractivity contribution in [1.29, 1.82) is 0 Å². The lowest BCUT2D eigenvalue weighted by Gasteiger charge is -2.09. The molecule has 0 saturated heterocycles. The lowest BCUT2D eigenvalue weighted by molar-refractivity contribution is 0.282. The number of aromatic nitrogens is 1. The van der Waals surface area contributed by atoms with E-state index in [1.54, 1.807) is 37.6 Å². The largest absolute Gasteiger partial charge is 0.391 e. The Morgan fingerprint density at radius 2 is 2.16 bits per heavy atom. The van der Waals surface area contributed by atoms with Crippen LogP contribution < -0.4 is 4.72 Å². The molecule has 0 aliphatic carbocycles. The molecule has 0 aromatic carbocycles. The Morgan fingerprint density at radius 3 is 2.79 bits per heavy atom. The van der Waals surface area contributed by atoms with Crippen molar-refractivity contribution >= 4 is 27.0 Å². The molecule has 0 radical (unpaired) electrons. The molecule has 2 N–H and O–H groups in total. The van der Waals surface area contributed by atoms with E-state index in [1.807, 2.05) is 0 Å². The van der Waals surface area contributed by atoms with Gasteiger partial charge in [-0.2, -0.15) is 0 Å². The van der Waals surface area contributed by atoms with E-state index in [1.165, 1.54) is 11.3 Å². The quantitative estimate of drug-likeness (QED) is 0.905. The molecule has 0 aliphatic rings. The molecule has 0 unspecified atom stereocenters. The fourth-order valence-corrected chi connectivity index (χ4v) is 4.49. The second-order valence-electron chi connectivity index (χ2n) is 4.12. The van der Waals surface area contributed by atoms with Gasteiger partial charge in [0.1, 0.15) is 4.90 Å². The van der Waals surface area contributed by atoms with Crippen LogP contribution in [0, 0.1) is 13.8 Å². The normalized spacial score (nSPS) is 11.5. The highest BCUT2D eigenvalue weighted by molar-refractivity contribution is 7.93. The fourth-order valence-electron chi connectivity index (χ4n) is 1.77. The van der Waals surface area contributed by atoms with Crippen molar-refractivity contribution in [2.45, 2.75) is 25.3 Å². The van der Waals surface area contributed by atoms with E-state index in [0.717, 1.165) is 5.69 Å². The molecular weight excluding hydrogens is 284 g/mol. The predicted octanol–water partition coefficient (Wildman–Crippen LogP) is 2.05. The van der Waals surface area contributed by atoms with Gasteiger partial charge in [0.15, 0.2) is 0 Å². The molecule has 2 rings (SSSR count). The maximum atomic E-state index is 12.3. The van der Waals surface area contributed by atoms with Crippen molar-refractivity contribution in [2.24, 2.45) is 0 Å². The minimum atomic E-state index is -3.69. The summed E-state index contributed by atoms with van der Waals surface area (Å²) in [7, 11) is -3.69. The summed E-state index contributed by atoms with van der Waals surface area (Å²) in [5.74, 6) is 0. The van der Waals surface area contributed by atoms with Gasteiger partial charge in [0.25, 0.3) is 10.0 Å². The zero-order valence-electron chi connectivity index (χ0n) is 10.5. The highest BCUT2D eigenvalue weighted by Gasteiger charge is 2.22. The van der Waals surface area contributed by atoms with Gasteiger partial charge in [-0.05, 0) is 36.9 Å². The maximum absolute atomic E-state index is 12.3. The second-order valence-corrected chi connectivity index (χ2v) is 6.70. The molecule has 0 amide bonds. The Morgan fingerprint density at radius 1 is 1.42 bits per heavy atom. The first-order valence-electron chi connectivity index (χ1n) is 5.57. The molecule has 0 spiro atoms. The predicted molar refractivity (Wildman–Crippen MR) is 74.8 cm³/mol. The molecule has 0 aliphatic heterocycles. The van der Waals surface area contributed by atoms with Crippen molar-refractivity contribution in [3.8, 4) is 0 Å².